The molecule has 11 atom stereocenters. The lowest BCUT2D eigenvalue weighted by atomic mass is 9.83. The monoisotopic (exact) mass is 1940 g/mol. The SMILES string of the molecule is CC(C)(C)C(=O)CC[C@H](N)C(=O)O.CC(C)(C)C(=O)CC[C@H](NC(=O)N[C@@H](CCC(=O)O)OC=O)C(=O)O.CC(C)(C)C(=O)CC[C@H](NC(=O)c1ccc(NCc2cnc3nc(N)[nH]c(=O)c3n2)cc1)C(=O)O.CC(C)C[C@@H](NC(=O)[C@@H](CO)NC(=O)[C@H](CC(=O)[C@@H](Cc1ccc(O)cc1)NC(=O)[C@@H](CO)CC(=O)[C@@H](CO)NC(=O)[C@H](N)CCCN=C(N)N)Cc1ccc(O)cc1)C(=O)C(C)(C)C. The summed E-state index contributed by atoms with van der Waals surface area (Å²) in [6, 6.07) is 7.09. The molecule has 0 saturated carbocycles. The highest BCUT2D eigenvalue weighted by Gasteiger charge is 2.38. The van der Waals surface area contributed by atoms with Crippen molar-refractivity contribution in [3.8, 4) is 11.5 Å². The second-order valence-electron chi connectivity index (χ2n) is 37.1. The maximum Gasteiger partial charge on any atom is 0.326 e. The van der Waals surface area contributed by atoms with E-state index in [1.54, 1.807) is 86.6 Å². The molecule has 0 aliphatic rings. The number of guanidine groups is 1. The number of ketones is 6. The molecule has 0 radical (unpaired) electrons. The minimum absolute atomic E-state index is 0.00664. The van der Waals surface area contributed by atoms with Gasteiger partial charge in [-0.05, 0) is 117 Å². The number of phenolic OH excluding ortho intramolecular Hbond substituents is 2. The summed E-state index contributed by atoms with van der Waals surface area (Å²) in [5.41, 5.74) is 27.0. The number of carboxylic acid groups (broad SMARTS) is 4. The first kappa shape index (κ1) is 120. The second-order valence-corrected chi connectivity index (χ2v) is 37.1. The van der Waals surface area contributed by atoms with E-state index < -0.39 is 197 Å². The Morgan fingerprint density at radius 3 is 1.46 bits per heavy atom. The van der Waals surface area contributed by atoms with Crippen LogP contribution in [0, 0.1) is 39.4 Å². The first-order chi connectivity index (χ1) is 64.1. The standard InChI is InChI=1S/C45H68N8O12.C23H27N7O5.C15H24N2O8.C9H17NO3/c1-25(2)17-34(39(61)45(3,4)5)51-43(65)36(24-56)53-40(62)28(18-26-8-12-30(57)13-9-26)20-37(59)33(19-27-10-14-31(58)15-11-27)50-41(63)29(22-54)21-38(60)35(23-55)52-42(64)32(46)7-6-16-49-44(47)48;1-23(2,3)16(31)9-8-15(21(34)35)28-19(32)12-4-6-13(7-5-12)25-10-14-11-26-18-17(27-14)20(33)30-22(24)29-18;1-15(2,3)10(19)5-4-9(13(22)23)16-14(24)17-11(25-8-18)6-7-12(20)21;1-9(2,3)7(11)5-4-6(10)8(12)13/h8-15,25,28-29,32-36,54-58H,6-7,16-24,46H2,1-5H3,(H,50,63)(H,51,65)(H,52,64)(H,53,62)(H4,47,48,49);4-7,11,15,25H,8-10H2,1-3H3,(H,28,32)(H,34,35)(H3,24,26,29,30,33);8-9,11H,4-7H2,1-3H3,(H,20,21)(H,22,23)(H2,16,17,24);6H,4-5,10H2,1-3H3,(H,12,13)/t28-,29+,32+,33+,34+,35+,36+;15-;9-,11+;6-/m0000/s1. The summed E-state index contributed by atoms with van der Waals surface area (Å²) in [5.74, 6) is -13.6. The van der Waals surface area contributed by atoms with Crippen molar-refractivity contribution in [3.05, 3.63) is 112 Å². The van der Waals surface area contributed by atoms with Gasteiger partial charge in [0.05, 0.1) is 68.7 Å². The van der Waals surface area contributed by atoms with Gasteiger partial charge in [-0.15, -0.1) is 0 Å². The van der Waals surface area contributed by atoms with E-state index in [9.17, 15) is 117 Å². The Morgan fingerprint density at radius 2 is 0.986 bits per heavy atom. The first-order valence-electron chi connectivity index (χ1n) is 44.2. The molecule has 0 fully saturated rings. The first-order valence-corrected chi connectivity index (χ1v) is 44.2. The van der Waals surface area contributed by atoms with Crippen molar-refractivity contribution in [1.82, 2.24) is 57.2 Å². The third-order valence-electron chi connectivity index (χ3n) is 20.7. The number of benzene rings is 3. The van der Waals surface area contributed by atoms with Gasteiger partial charge in [-0.1, -0.05) is 121 Å². The summed E-state index contributed by atoms with van der Waals surface area (Å²) >= 11 is 0. The van der Waals surface area contributed by atoms with E-state index in [4.69, 9.17) is 44.0 Å². The number of aliphatic carboxylic acids is 4. The fourth-order valence-corrected chi connectivity index (χ4v) is 12.4. The molecule has 46 heteroatoms. The number of nitrogen functional groups attached to an aromatic ring is 1. The number of hydrogen-bond donors (Lipinski definition) is 23. The number of aliphatic hydroxyl groups excluding tert-OH is 3. The number of nitrogens with zero attached hydrogens (tertiary/aromatic N) is 4. The maximum atomic E-state index is 14.3. The molecule has 0 unspecified atom stereocenters. The van der Waals surface area contributed by atoms with E-state index in [2.05, 4.69) is 72.2 Å². The quantitative estimate of drug-likeness (QED) is 0.00867. The van der Waals surface area contributed by atoms with Crippen LogP contribution in [-0.4, -0.2) is 253 Å². The van der Waals surface area contributed by atoms with Gasteiger partial charge < -0.3 is 122 Å². The molecule has 138 heavy (non-hydrogen) atoms. The van der Waals surface area contributed by atoms with E-state index in [0.717, 1.165) is 0 Å². The van der Waals surface area contributed by atoms with Crippen molar-refractivity contribution in [2.24, 2.45) is 67.3 Å². The molecule has 2 heterocycles. The lowest BCUT2D eigenvalue weighted by Gasteiger charge is -2.29. The van der Waals surface area contributed by atoms with E-state index in [1.165, 1.54) is 54.7 Å². The topological polar surface area (TPSA) is 792 Å². The third-order valence-corrected chi connectivity index (χ3v) is 20.7. The summed E-state index contributed by atoms with van der Waals surface area (Å²) in [4.78, 5) is 239. The summed E-state index contributed by atoms with van der Waals surface area (Å²) in [6.45, 7) is 22.6. The average Bonchev–Trinajstić information content (AvgIpc) is 0.809. The molecule has 5 aromatic rings. The van der Waals surface area contributed by atoms with Crippen LogP contribution in [0.4, 0.5) is 16.4 Å². The number of fused-ring (bicyclic) bond motifs is 1. The second kappa shape index (κ2) is 57.9. The number of ether oxygens (including phenoxy) is 1. The third kappa shape index (κ3) is 45.7. The number of carbonyl (C=O) groups excluding carboxylic acids is 13. The van der Waals surface area contributed by atoms with Crippen molar-refractivity contribution in [3.63, 3.8) is 0 Å². The molecule has 5 rings (SSSR count). The molecule has 7 amide bonds. The largest absolute Gasteiger partial charge is 0.508 e. The van der Waals surface area contributed by atoms with E-state index in [-0.39, 0.29) is 159 Å². The average molecular weight is 1940 g/mol. The number of H-pyrrole nitrogens is 1. The number of nitrogens with one attached hydrogen (secondary N) is 9. The predicted molar refractivity (Wildman–Crippen MR) is 503 cm³/mol. The Kier molecular flexibility index (Phi) is 50.4. The number of aliphatic hydroxyl groups is 3. The van der Waals surface area contributed by atoms with E-state index >= 15 is 0 Å². The zero-order chi connectivity index (χ0) is 105. The Balaban J connectivity index is 0.000000728. The lowest BCUT2D eigenvalue weighted by Crippen LogP contribution is -2.56. The molecule has 3 aromatic carbocycles. The van der Waals surface area contributed by atoms with Crippen LogP contribution in [-0.2, 0) is 96.0 Å². The Bertz CT molecular complexity index is 5040. The molecule has 28 N–H and O–H groups in total. The van der Waals surface area contributed by atoms with Crippen molar-refractivity contribution in [2.45, 2.75) is 254 Å². The van der Waals surface area contributed by atoms with Crippen LogP contribution in [0.3, 0.4) is 0 Å². The lowest BCUT2D eigenvalue weighted by molar-refractivity contribution is -0.141. The van der Waals surface area contributed by atoms with Crippen molar-refractivity contribution < 1.29 is 132 Å². The van der Waals surface area contributed by atoms with Gasteiger partial charge in [-0.25, -0.2) is 24.4 Å². The number of carboxylic acids is 4. The number of aromatic amines is 1. The predicted octanol–water partition coefficient (Wildman–Crippen LogP) is 1.77. The molecule has 0 saturated heterocycles. The number of phenols is 2. The Hall–Kier alpha value is -13.9. The van der Waals surface area contributed by atoms with Crippen LogP contribution < -0.4 is 76.8 Å². The van der Waals surface area contributed by atoms with Crippen molar-refractivity contribution in [2.75, 3.05) is 37.4 Å². The van der Waals surface area contributed by atoms with Gasteiger partial charge in [0.15, 0.2) is 40.7 Å². The maximum absolute atomic E-state index is 14.3. The number of carbonyl (C=O) groups is 17. The smallest absolute Gasteiger partial charge is 0.326 e. The minimum Gasteiger partial charge on any atom is -0.508 e. The number of aliphatic imine (C=N–C) groups is 1. The van der Waals surface area contributed by atoms with E-state index in [1.807, 2.05) is 34.6 Å². The number of Topliss-reactive ketones (excluding diaryl/α,β-unsaturated/α-hetero) is 6. The van der Waals surface area contributed by atoms with Crippen LogP contribution in [0.5, 0.6) is 11.5 Å². The zero-order valence-corrected chi connectivity index (χ0v) is 80.1. The number of urea groups is 1. The number of anilines is 2. The molecule has 0 aliphatic carbocycles. The number of rotatable bonds is 52. The summed E-state index contributed by atoms with van der Waals surface area (Å²) in [7, 11) is 0. The summed E-state index contributed by atoms with van der Waals surface area (Å²) < 4.78 is 4.53. The van der Waals surface area contributed by atoms with Crippen LogP contribution >= 0.6 is 0 Å². The van der Waals surface area contributed by atoms with Gasteiger partial charge in [0.2, 0.25) is 29.6 Å². The zero-order valence-electron chi connectivity index (χ0n) is 80.1. The molecule has 762 valence electrons. The van der Waals surface area contributed by atoms with Gasteiger partial charge in [0.1, 0.15) is 59.1 Å². The van der Waals surface area contributed by atoms with Gasteiger partial charge in [-0.3, -0.25) is 81.9 Å². The van der Waals surface area contributed by atoms with Crippen LogP contribution in [0.1, 0.15) is 208 Å². The van der Waals surface area contributed by atoms with Crippen LogP contribution in [0.2, 0.25) is 0 Å². The Morgan fingerprint density at radius 1 is 0.507 bits per heavy atom. The molecular weight excluding hydrogens is 1810 g/mol. The Labute approximate surface area is 797 Å². The molecule has 0 spiro atoms. The number of hydrogen-bond acceptors (Lipinski definition) is 32. The van der Waals surface area contributed by atoms with Gasteiger partial charge in [0.25, 0.3) is 17.9 Å². The number of aromatic hydroxyl groups is 2. The van der Waals surface area contributed by atoms with Gasteiger partial charge in [0, 0.05) is 83.9 Å². The molecular formula is C92H136N18O28. The fourth-order valence-electron chi connectivity index (χ4n) is 12.4. The molecule has 46 nitrogen and oxygen atoms in total. The highest BCUT2D eigenvalue weighted by atomic mass is 16.5. The number of aromatic nitrogens is 4. The van der Waals surface area contributed by atoms with Crippen molar-refractivity contribution >= 4 is 129 Å². The molecule has 0 aliphatic heterocycles. The summed E-state index contributed by atoms with van der Waals surface area (Å²) in [6.07, 6.45) is -0.659. The van der Waals surface area contributed by atoms with Gasteiger partial charge in [-0.2, -0.15) is 4.98 Å². The molecule has 2 aromatic heterocycles. The summed E-state index contributed by atoms with van der Waals surface area (Å²) in [5, 5.41) is 106. The molecule has 0 bridgehead atoms. The number of nitrogens with two attached hydrogens (primary N) is 5. The normalized spacial score (nSPS) is 13.7. The van der Waals surface area contributed by atoms with Gasteiger partial charge >= 0.3 is 29.9 Å². The van der Waals surface area contributed by atoms with E-state index in [0.29, 0.717) is 35.3 Å². The highest BCUT2D eigenvalue weighted by Crippen LogP contribution is 2.26. The minimum atomic E-state index is -1.53. The van der Waals surface area contributed by atoms with Crippen LogP contribution in [0.15, 0.2) is 88.8 Å². The van der Waals surface area contributed by atoms with Crippen molar-refractivity contribution in [1.29, 1.82) is 0 Å². The highest BCUT2D eigenvalue weighted by molar-refractivity contribution is 6.00. The van der Waals surface area contributed by atoms with Crippen LogP contribution in [0.25, 0.3) is 11.2 Å². The number of amides is 7. The fraction of sp³-hybridized carbons (Fsp3) is 0.543.